The summed E-state index contributed by atoms with van der Waals surface area (Å²) >= 11 is 5.84. The quantitative estimate of drug-likeness (QED) is 0.834. The van der Waals surface area contributed by atoms with Crippen molar-refractivity contribution in [3.63, 3.8) is 0 Å². The van der Waals surface area contributed by atoms with Gasteiger partial charge in [0.2, 0.25) is 5.91 Å². The number of nitrogens with one attached hydrogen (secondary N) is 1. The van der Waals surface area contributed by atoms with Crippen molar-refractivity contribution in [2.45, 2.75) is 12.3 Å². The Balaban J connectivity index is 1.81. The maximum atomic E-state index is 12.5. The first kappa shape index (κ1) is 13.8. The summed E-state index contributed by atoms with van der Waals surface area (Å²) in [5, 5.41) is 12.4. The number of halogens is 1. The van der Waals surface area contributed by atoms with Crippen LogP contribution in [0.15, 0.2) is 42.5 Å². The molecule has 0 fully saturated rings. The standard InChI is InChI=1S/C16H14ClNO3/c17-13-9-10(5-6-14(13)19)18-16(20)12-7-8-21-15-4-2-1-3-11(12)15/h1-6,9,12,19H,7-8H2,(H,18,20). The molecular formula is C16H14ClNO3. The molecule has 4 nitrogen and oxygen atoms in total. The number of fused-ring (bicyclic) bond motifs is 1. The van der Waals surface area contributed by atoms with Crippen LogP contribution in [0, 0.1) is 0 Å². The summed E-state index contributed by atoms with van der Waals surface area (Å²) < 4.78 is 5.55. The third-order valence-corrected chi connectivity index (χ3v) is 3.79. The van der Waals surface area contributed by atoms with Gasteiger partial charge in [-0.1, -0.05) is 29.8 Å². The van der Waals surface area contributed by atoms with Crippen LogP contribution in [0.5, 0.6) is 11.5 Å². The average Bonchev–Trinajstić information content (AvgIpc) is 2.50. The molecule has 1 aliphatic rings. The first-order valence-corrected chi connectivity index (χ1v) is 7.04. The lowest BCUT2D eigenvalue weighted by molar-refractivity contribution is -0.118. The van der Waals surface area contributed by atoms with Gasteiger partial charge in [0, 0.05) is 11.3 Å². The van der Waals surface area contributed by atoms with Crippen LogP contribution in [0.25, 0.3) is 0 Å². The number of phenols is 1. The SMILES string of the molecule is O=C(Nc1ccc(O)c(Cl)c1)C1CCOc2ccccc21. The zero-order valence-electron chi connectivity index (χ0n) is 11.2. The fourth-order valence-corrected chi connectivity index (χ4v) is 2.61. The highest BCUT2D eigenvalue weighted by Crippen LogP contribution is 2.34. The van der Waals surface area contributed by atoms with Gasteiger partial charge >= 0.3 is 0 Å². The van der Waals surface area contributed by atoms with Gasteiger partial charge in [0.15, 0.2) is 0 Å². The Hall–Kier alpha value is -2.20. The number of phenolic OH excluding ortho intramolecular Hbond substituents is 1. The summed E-state index contributed by atoms with van der Waals surface area (Å²) in [6.45, 7) is 0.519. The molecular weight excluding hydrogens is 290 g/mol. The van der Waals surface area contributed by atoms with Crippen molar-refractivity contribution >= 4 is 23.2 Å². The van der Waals surface area contributed by atoms with E-state index in [2.05, 4.69) is 5.32 Å². The Morgan fingerprint density at radius 2 is 2.10 bits per heavy atom. The minimum Gasteiger partial charge on any atom is -0.506 e. The van der Waals surface area contributed by atoms with Crippen molar-refractivity contribution < 1.29 is 14.6 Å². The Morgan fingerprint density at radius 1 is 1.29 bits per heavy atom. The second kappa shape index (κ2) is 5.66. The molecule has 0 bridgehead atoms. The molecule has 2 aromatic carbocycles. The van der Waals surface area contributed by atoms with Crippen LogP contribution in [0.2, 0.25) is 5.02 Å². The van der Waals surface area contributed by atoms with Crippen molar-refractivity contribution in [2.24, 2.45) is 0 Å². The second-order valence-electron chi connectivity index (χ2n) is 4.88. The van der Waals surface area contributed by atoms with Crippen molar-refractivity contribution in [1.29, 1.82) is 0 Å². The molecule has 1 heterocycles. The van der Waals surface area contributed by atoms with Crippen LogP contribution in [-0.2, 0) is 4.79 Å². The Morgan fingerprint density at radius 3 is 2.90 bits per heavy atom. The Bertz CT molecular complexity index is 687. The van der Waals surface area contributed by atoms with E-state index < -0.39 is 0 Å². The molecule has 1 atom stereocenters. The number of rotatable bonds is 2. The highest BCUT2D eigenvalue weighted by Gasteiger charge is 2.27. The highest BCUT2D eigenvalue weighted by atomic mass is 35.5. The molecule has 1 unspecified atom stereocenters. The maximum absolute atomic E-state index is 12.5. The van der Waals surface area contributed by atoms with Gasteiger partial charge < -0.3 is 15.2 Å². The molecule has 0 spiro atoms. The van der Waals surface area contributed by atoms with Crippen LogP contribution in [0.1, 0.15) is 17.9 Å². The van der Waals surface area contributed by atoms with Crippen LogP contribution >= 0.6 is 11.6 Å². The second-order valence-corrected chi connectivity index (χ2v) is 5.29. The Labute approximate surface area is 127 Å². The molecule has 0 aromatic heterocycles. The summed E-state index contributed by atoms with van der Waals surface area (Å²) in [6, 6.07) is 12.2. The monoisotopic (exact) mass is 303 g/mol. The van der Waals surface area contributed by atoms with Crippen molar-refractivity contribution in [3.8, 4) is 11.5 Å². The summed E-state index contributed by atoms with van der Waals surface area (Å²) in [5.74, 6) is 0.397. The van der Waals surface area contributed by atoms with Crippen molar-refractivity contribution in [1.82, 2.24) is 0 Å². The topological polar surface area (TPSA) is 58.6 Å². The van der Waals surface area contributed by atoms with E-state index in [0.717, 1.165) is 11.3 Å². The summed E-state index contributed by atoms with van der Waals surface area (Å²) in [4.78, 5) is 12.5. The molecule has 1 amide bonds. The van der Waals surface area contributed by atoms with Crippen LogP contribution in [0.4, 0.5) is 5.69 Å². The van der Waals surface area contributed by atoms with E-state index >= 15 is 0 Å². The number of anilines is 1. The van der Waals surface area contributed by atoms with E-state index in [9.17, 15) is 9.90 Å². The van der Waals surface area contributed by atoms with Crippen LogP contribution in [-0.4, -0.2) is 17.6 Å². The van der Waals surface area contributed by atoms with E-state index in [0.29, 0.717) is 18.7 Å². The third kappa shape index (κ3) is 2.81. The fourth-order valence-electron chi connectivity index (χ4n) is 2.43. The van der Waals surface area contributed by atoms with Gasteiger partial charge in [-0.3, -0.25) is 4.79 Å². The summed E-state index contributed by atoms with van der Waals surface area (Å²) in [6.07, 6.45) is 0.634. The smallest absolute Gasteiger partial charge is 0.232 e. The van der Waals surface area contributed by atoms with Gasteiger partial charge in [-0.25, -0.2) is 0 Å². The predicted octanol–water partition coefficient (Wildman–Crippen LogP) is 3.55. The maximum Gasteiger partial charge on any atom is 0.232 e. The molecule has 5 heteroatoms. The van der Waals surface area contributed by atoms with Gasteiger partial charge in [0.05, 0.1) is 17.5 Å². The Kier molecular flexibility index (Phi) is 3.71. The van der Waals surface area contributed by atoms with E-state index in [4.69, 9.17) is 16.3 Å². The molecule has 0 aliphatic carbocycles. The molecule has 2 aromatic rings. The minimum atomic E-state index is -0.248. The zero-order valence-corrected chi connectivity index (χ0v) is 11.9. The largest absolute Gasteiger partial charge is 0.506 e. The van der Waals surface area contributed by atoms with E-state index in [1.807, 2.05) is 24.3 Å². The molecule has 0 radical (unpaired) electrons. The van der Waals surface area contributed by atoms with Gasteiger partial charge in [0.25, 0.3) is 0 Å². The normalized spacial score (nSPS) is 16.7. The molecule has 2 N–H and O–H groups in total. The average molecular weight is 304 g/mol. The van der Waals surface area contributed by atoms with Gasteiger partial charge in [-0.05, 0) is 30.7 Å². The van der Waals surface area contributed by atoms with Crippen LogP contribution < -0.4 is 10.1 Å². The lowest BCUT2D eigenvalue weighted by Crippen LogP contribution is -2.26. The molecule has 1 aliphatic heterocycles. The zero-order chi connectivity index (χ0) is 14.8. The highest BCUT2D eigenvalue weighted by molar-refractivity contribution is 6.32. The molecule has 0 saturated heterocycles. The number of carbonyl (C=O) groups is 1. The number of ether oxygens (including phenoxy) is 1. The lowest BCUT2D eigenvalue weighted by Gasteiger charge is -2.25. The first-order valence-electron chi connectivity index (χ1n) is 6.66. The van der Waals surface area contributed by atoms with Gasteiger partial charge in [-0.2, -0.15) is 0 Å². The van der Waals surface area contributed by atoms with E-state index in [-0.39, 0.29) is 22.6 Å². The third-order valence-electron chi connectivity index (χ3n) is 3.49. The number of hydrogen-bond acceptors (Lipinski definition) is 3. The van der Waals surface area contributed by atoms with Crippen LogP contribution in [0.3, 0.4) is 0 Å². The summed E-state index contributed by atoms with van der Waals surface area (Å²) in [5.41, 5.74) is 1.46. The number of aromatic hydroxyl groups is 1. The number of hydrogen-bond donors (Lipinski definition) is 2. The first-order chi connectivity index (χ1) is 10.1. The summed E-state index contributed by atoms with van der Waals surface area (Å²) in [7, 11) is 0. The minimum absolute atomic E-state index is 0.00826. The number of benzene rings is 2. The van der Waals surface area contributed by atoms with E-state index in [1.54, 1.807) is 6.07 Å². The lowest BCUT2D eigenvalue weighted by atomic mass is 9.92. The fraction of sp³-hybridized carbons (Fsp3) is 0.188. The molecule has 108 valence electrons. The number of carbonyl (C=O) groups excluding carboxylic acids is 1. The van der Waals surface area contributed by atoms with Gasteiger partial charge in [0.1, 0.15) is 11.5 Å². The van der Waals surface area contributed by atoms with Gasteiger partial charge in [-0.15, -0.1) is 0 Å². The number of para-hydroxylation sites is 1. The number of amides is 1. The predicted molar refractivity (Wildman–Crippen MR) is 81.0 cm³/mol. The molecule has 3 rings (SSSR count). The van der Waals surface area contributed by atoms with Crippen molar-refractivity contribution in [3.05, 3.63) is 53.1 Å². The van der Waals surface area contributed by atoms with Crippen molar-refractivity contribution in [2.75, 3.05) is 11.9 Å². The molecule has 21 heavy (non-hydrogen) atoms. The molecule has 0 saturated carbocycles. The van der Waals surface area contributed by atoms with E-state index in [1.165, 1.54) is 12.1 Å².